The Labute approximate surface area is 136 Å². The first-order chi connectivity index (χ1) is 10.8. The van der Waals surface area contributed by atoms with Crippen LogP contribution in [0.4, 0.5) is 0 Å². The second kappa shape index (κ2) is 12.5. The first-order valence-electron chi connectivity index (χ1n) is 9.24. The SMILES string of the molecule is CCCCCCCCC1=C(CCCCCCCC(=O)OC)O1. The summed E-state index contributed by atoms with van der Waals surface area (Å²) in [6.45, 7) is 2.26. The lowest BCUT2D eigenvalue weighted by Crippen LogP contribution is -1.99. The Kier molecular flexibility index (Phi) is 10.9. The van der Waals surface area contributed by atoms with Crippen LogP contribution in [0.25, 0.3) is 0 Å². The molecule has 0 unspecified atom stereocenters. The van der Waals surface area contributed by atoms with Gasteiger partial charge < -0.3 is 9.47 Å². The lowest BCUT2D eigenvalue weighted by atomic mass is 10.1. The van der Waals surface area contributed by atoms with Gasteiger partial charge in [-0.15, -0.1) is 0 Å². The van der Waals surface area contributed by atoms with Crippen LogP contribution in [-0.2, 0) is 14.3 Å². The molecular formula is C19H34O3. The van der Waals surface area contributed by atoms with E-state index in [-0.39, 0.29) is 5.97 Å². The van der Waals surface area contributed by atoms with Crippen LogP contribution in [0.5, 0.6) is 0 Å². The quantitative estimate of drug-likeness (QED) is 0.280. The number of hydrogen-bond donors (Lipinski definition) is 0. The molecule has 1 aliphatic rings. The molecule has 0 atom stereocenters. The van der Waals surface area contributed by atoms with Gasteiger partial charge >= 0.3 is 5.97 Å². The summed E-state index contributed by atoms with van der Waals surface area (Å²) < 4.78 is 10.2. The van der Waals surface area contributed by atoms with Crippen molar-refractivity contribution >= 4 is 5.97 Å². The van der Waals surface area contributed by atoms with Gasteiger partial charge in [-0.3, -0.25) is 4.79 Å². The van der Waals surface area contributed by atoms with E-state index in [0.717, 1.165) is 25.7 Å². The highest BCUT2D eigenvalue weighted by Crippen LogP contribution is 2.35. The average molecular weight is 310 g/mol. The van der Waals surface area contributed by atoms with Gasteiger partial charge in [0.2, 0.25) is 0 Å². The normalized spacial score (nSPS) is 13.2. The summed E-state index contributed by atoms with van der Waals surface area (Å²) >= 11 is 0. The van der Waals surface area contributed by atoms with E-state index in [1.54, 1.807) is 0 Å². The third-order valence-electron chi connectivity index (χ3n) is 4.29. The van der Waals surface area contributed by atoms with Crippen molar-refractivity contribution in [2.45, 2.75) is 96.8 Å². The maximum absolute atomic E-state index is 10.9. The summed E-state index contributed by atoms with van der Waals surface area (Å²) in [6, 6.07) is 0. The number of esters is 1. The molecule has 0 saturated heterocycles. The molecule has 0 amide bonds. The molecule has 1 aliphatic heterocycles. The minimum absolute atomic E-state index is 0.0872. The Hall–Kier alpha value is -0.990. The topological polar surface area (TPSA) is 38.8 Å². The van der Waals surface area contributed by atoms with Crippen LogP contribution >= 0.6 is 0 Å². The summed E-state index contributed by atoms with van der Waals surface area (Å²) in [5.41, 5.74) is 0. The van der Waals surface area contributed by atoms with Crippen LogP contribution in [0.15, 0.2) is 11.5 Å². The minimum atomic E-state index is -0.0872. The molecule has 1 heterocycles. The molecule has 0 aliphatic carbocycles. The van der Waals surface area contributed by atoms with Gasteiger partial charge in [0.1, 0.15) is 11.5 Å². The molecule has 0 radical (unpaired) electrons. The summed E-state index contributed by atoms with van der Waals surface area (Å²) in [4.78, 5) is 10.9. The van der Waals surface area contributed by atoms with Crippen LogP contribution in [0, 0.1) is 0 Å². The molecule has 0 bridgehead atoms. The van der Waals surface area contributed by atoms with E-state index in [9.17, 15) is 4.79 Å². The van der Waals surface area contributed by atoms with Crippen molar-refractivity contribution in [3.05, 3.63) is 11.5 Å². The van der Waals surface area contributed by atoms with Crippen molar-refractivity contribution in [1.29, 1.82) is 0 Å². The molecule has 0 fully saturated rings. The number of carbonyl (C=O) groups excluding carboxylic acids is 1. The molecule has 0 aromatic heterocycles. The third-order valence-corrected chi connectivity index (χ3v) is 4.29. The summed E-state index contributed by atoms with van der Waals surface area (Å²) in [5, 5.41) is 0. The second-order valence-electron chi connectivity index (χ2n) is 6.31. The van der Waals surface area contributed by atoms with Crippen molar-refractivity contribution in [3.8, 4) is 0 Å². The Morgan fingerprint density at radius 1 is 0.818 bits per heavy atom. The van der Waals surface area contributed by atoms with Gasteiger partial charge in [0.15, 0.2) is 0 Å². The average Bonchev–Trinajstić information content (AvgIpc) is 3.28. The lowest BCUT2D eigenvalue weighted by Gasteiger charge is -1.99. The number of allylic oxidation sites excluding steroid dienone is 2. The largest absolute Gasteiger partial charge is 0.469 e. The molecule has 22 heavy (non-hydrogen) atoms. The van der Waals surface area contributed by atoms with Crippen molar-refractivity contribution in [2.75, 3.05) is 7.11 Å². The maximum Gasteiger partial charge on any atom is 0.305 e. The van der Waals surface area contributed by atoms with Gasteiger partial charge in [-0.1, -0.05) is 58.3 Å². The van der Waals surface area contributed by atoms with Gasteiger partial charge in [0.25, 0.3) is 0 Å². The molecule has 128 valence electrons. The van der Waals surface area contributed by atoms with Crippen LogP contribution in [0.1, 0.15) is 96.8 Å². The molecule has 3 nitrogen and oxygen atoms in total. The van der Waals surface area contributed by atoms with Crippen LogP contribution < -0.4 is 0 Å². The zero-order valence-electron chi connectivity index (χ0n) is 14.6. The summed E-state index contributed by atoms with van der Waals surface area (Å²) in [6.07, 6.45) is 16.7. The molecule has 0 N–H and O–H groups in total. The van der Waals surface area contributed by atoms with Crippen LogP contribution in [0.3, 0.4) is 0 Å². The van der Waals surface area contributed by atoms with Crippen molar-refractivity contribution in [2.24, 2.45) is 0 Å². The van der Waals surface area contributed by atoms with Gasteiger partial charge in [-0.25, -0.2) is 0 Å². The predicted octanol–water partition coefficient (Wildman–Crippen LogP) is 5.88. The van der Waals surface area contributed by atoms with Gasteiger partial charge in [0.05, 0.1) is 7.11 Å². The monoisotopic (exact) mass is 310 g/mol. The lowest BCUT2D eigenvalue weighted by molar-refractivity contribution is -0.140. The highest BCUT2D eigenvalue weighted by Gasteiger charge is 2.22. The van der Waals surface area contributed by atoms with Crippen LogP contribution in [0.2, 0.25) is 0 Å². The van der Waals surface area contributed by atoms with Crippen LogP contribution in [-0.4, -0.2) is 13.1 Å². The van der Waals surface area contributed by atoms with Gasteiger partial charge in [-0.2, -0.15) is 0 Å². The number of unbranched alkanes of at least 4 members (excludes halogenated alkanes) is 9. The highest BCUT2D eigenvalue weighted by atomic mass is 16.6. The Balaban J connectivity index is 1.84. The minimum Gasteiger partial charge on any atom is -0.469 e. The van der Waals surface area contributed by atoms with E-state index in [1.807, 2.05) is 0 Å². The molecule has 0 spiro atoms. The van der Waals surface area contributed by atoms with E-state index >= 15 is 0 Å². The number of methoxy groups -OCH3 is 1. The highest BCUT2D eigenvalue weighted by molar-refractivity contribution is 5.68. The number of ether oxygens (including phenoxy) is 2. The van der Waals surface area contributed by atoms with Crippen molar-refractivity contribution in [3.63, 3.8) is 0 Å². The molecular weight excluding hydrogens is 276 g/mol. The Morgan fingerprint density at radius 3 is 1.86 bits per heavy atom. The Bertz CT molecular complexity index is 334. The first-order valence-corrected chi connectivity index (χ1v) is 9.24. The maximum atomic E-state index is 10.9. The number of carbonyl (C=O) groups is 1. The van der Waals surface area contributed by atoms with E-state index in [1.165, 1.54) is 76.4 Å². The molecule has 1 rings (SSSR count). The summed E-state index contributed by atoms with van der Waals surface area (Å²) in [7, 11) is 1.45. The fourth-order valence-corrected chi connectivity index (χ4v) is 2.76. The summed E-state index contributed by atoms with van der Waals surface area (Å²) in [5.74, 6) is 2.46. The zero-order chi connectivity index (χ0) is 16.0. The number of rotatable bonds is 15. The van der Waals surface area contributed by atoms with Gasteiger partial charge in [-0.05, 0) is 19.3 Å². The first kappa shape index (κ1) is 19.1. The van der Waals surface area contributed by atoms with Gasteiger partial charge in [0, 0.05) is 19.3 Å². The third kappa shape index (κ3) is 9.86. The molecule has 0 aromatic carbocycles. The second-order valence-corrected chi connectivity index (χ2v) is 6.31. The molecule has 3 heteroatoms. The van der Waals surface area contributed by atoms with E-state index < -0.39 is 0 Å². The standard InChI is InChI=1S/C19H34O3/c1-3-4-5-6-8-11-14-17-18(22-17)15-12-9-7-10-13-16-19(20)21-2/h3-16H2,1-2H3. The van der Waals surface area contributed by atoms with Crippen molar-refractivity contribution in [1.82, 2.24) is 0 Å². The smallest absolute Gasteiger partial charge is 0.305 e. The molecule has 0 aromatic rings. The number of hydrogen-bond acceptors (Lipinski definition) is 3. The molecule has 0 saturated carbocycles. The fraction of sp³-hybridized carbons (Fsp3) is 0.842. The van der Waals surface area contributed by atoms with E-state index in [0.29, 0.717) is 6.42 Å². The van der Waals surface area contributed by atoms with Crippen molar-refractivity contribution < 1.29 is 14.3 Å². The van der Waals surface area contributed by atoms with E-state index in [4.69, 9.17) is 4.74 Å². The fourth-order valence-electron chi connectivity index (χ4n) is 2.76. The Morgan fingerprint density at radius 2 is 1.32 bits per heavy atom. The predicted molar refractivity (Wildman–Crippen MR) is 90.4 cm³/mol. The zero-order valence-corrected chi connectivity index (χ0v) is 14.6. The van der Waals surface area contributed by atoms with E-state index in [2.05, 4.69) is 11.7 Å².